The Morgan fingerprint density at radius 3 is 2.74 bits per heavy atom. The zero-order valence-corrected chi connectivity index (χ0v) is 20.3. The lowest BCUT2D eigenvalue weighted by molar-refractivity contribution is -0.129. The molecule has 0 saturated carbocycles. The summed E-state index contributed by atoms with van der Waals surface area (Å²) in [5, 5.41) is 8.82. The lowest BCUT2D eigenvalue weighted by Crippen LogP contribution is -2.26. The number of nitrogens with zero attached hydrogens (tertiary/aromatic N) is 5. The number of hydrogen-bond acceptors (Lipinski definition) is 7. The Bertz CT molecular complexity index is 1360. The molecule has 5 rings (SSSR count). The number of H-pyrrole nitrogens is 1. The van der Waals surface area contributed by atoms with Crippen molar-refractivity contribution in [3.05, 3.63) is 48.5 Å². The second kappa shape index (κ2) is 9.28. The standard InChI is InChI=1S/C25H29N7O3/c1-15(2)23(16-5-6-20-21(9-16)35-8-7-34-20)30-25-18-10-19(29-24(18)26-14-27-25)17-11-28-32(12-17)13-22(33)31(3)4/h5-6,9-12,14-15,23H,7-8,13H2,1-4H3,(H2,26,27,29,30)/t23-/m0/s1. The van der Waals surface area contributed by atoms with Crippen molar-refractivity contribution < 1.29 is 14.3 Å². The van der Waals surface area contributed by atoms with Crippen LogP contribution in [0.4, 0.5) is 5.82 Å². The van der Waals surface area contributed by atoms with Gasteiger partial charge in [0.2, 0.25) is 5.91 Å². The summed E-state index contributed by atoms with van der Waals surface area (Å²) in [4.78, 5) is 25.9. The quantitative estimate of drug-likeness (QED) is 0.421. The van der Waals surface area contributed by atoms with Gasteiger partial charge in [0.1, 0.15) is 37.6 Å². The van der Waals surface area contributed by atoms with Gasteiger partial charge in [0.15, 0.2) is 11.5 Å². The third-order valence-electron chi connectivity index (χ3n) is 6.05. The number of aromatic amines is 1. The third-order valence-corrected chi connectivity index (χ3v) is 6.05. The van der Waals surface area contributed by atoms with Gasteiger partial charge in [-0.1, -0.05) is 19.9 Å². The van der Waals surface area contributed by atoms with Crippen LogP contribution in [0, 0.1) is 5.92 Å². The number of hydrogen-bond donors (Lipinski definition) is 2. The van der Waals surface area contributed by atoms with Gasteiger partial charge in [-0.05, 0) is 29.7 Å². The van der Waals surface area contributed by atoms with Gasteiger partial charge < -0.3 is 24.7 Å². The second-order valence-electron chi connectivity index (χ2n) is 9.15. The third kappa shape index (κ3) is 4.64. The number of carbonyl (C=O) groups is 1. The summed E-state index contributed by atoms with van der Waals surface area (Å²) in [6.45, 7) is 5.63. The lowest BCUT2D eigenvalue weighted by atomic mass is 9.95. The number of rotatable bonds is 7. The minimum absolute atomic E-state index is 0.00192. The van der Waals surface area contributed by atoms with E-state index in [-0.39, 0.29) is 24.4 Å². The van der Waals surface area contributed by atoms with E-state index in [0.29, 0.717) is 13.2 Å². The number of amides is 1. The summed E-state index contributed by atoms with van der Waals surface area (Å²) >= 11 is 0. The molecule has 1 amide bonds. The number of likely N-dealkylation sites (N-methyl/N-ethyl adjacent to an activating group) is 1. The van der Waals surface area contributed by atoms with Crippen LogP contribution in [0.3, 0.4) is 0 Å². The molecule has 1 atom stereocenters. The number of benzene rings is 1. The molecule has 10 heteroatoms. The van der Waals surface area contributed by atoms with Gasteiger partial charge in [-0.3, -0.25) is 9.48 Å². The molecule has 2 N–H and O–H groups in total. The largest absolute Gasteiger partial charge is 0.486 e. The lowest BCUT2D eigenvalue weighted by Gasteiger charge is -2.26. The van der Waals surface area contributed by atoms with E-state index in [1.54, 1.807) is 36.2 Å². The van der Waals surface area contributed by atoms with Crippen LogP contribution in [-0.2, 0) is 11.3 Å². The minimum Gasteiger partial charge on any atom is -0.486 e. The smallest absolute Gasteiger partial charge is 0.243 e. The molecule has 4 heterocycles. The van der Waals surface area contributed by atoms with Crippen LogP contribution in [0.5, 0.6) is 11.5 Å². The average Bonchev–Trinajstić information content (AvgIpc) is 3.49. The van der Waals surface area contributed by atoms with E-state index in [1.807, 2.05) is 24.4 Å². The first-order valence-electron chi connectivity index (χ1n) is 11.6. The molecule has 182 valence electrons. The Morgan fingerprint density at radius 2 is 1.97 bits per heavy atom. The maximum Gasteiger partial charge on any atom is 0.243 e. The molecule has 0 fully saturated rings. The summed E-state index contributed by atoms with van der Waals surface area (Å²) in [6.07, 6.45) is 5.13. The molecule has 10 nitrogen and oxygen atoms in total. The van der Waals surface area contributed by atoms with Crippen LogP contribution in [0.25, 0.3) is 22.3 Å². The first-order chi connectivity index (χ1) is 16.9. The van der Waals surface area contributed by atoms with Crippen molar-refractivity contribution in [2.75, 3.05) is 32.6 Å². The van der Waals surface area contributed by atoms with Crippen molar-refractivity contribution in [2.24, 2.45) is 5.92 Å². The van der Waals surface area contributed by atoms with E-state index in [0.717, 1.165) is 45.2 Å². The molecule has 0 aliphatic carbocycles. The number of nitrogens with one attached hydrogen (secondary N) is 2. The van der Waals surface area contributed by atoms with Crippen molar-refractivity contribution in [3.63, 3.8) is 0 Å². The fourth-order valence-corrected chi connectivity index (χ4v) is 4.12. The van der Waals surface area contributed by atoms with E-state index in [2.05, 4.69) is 45.3 Å². The van der Waals surface area contributed by atoms with E-state index >= 15 is 0 Å². The van der Waals surface area contributed by atoms with Crippen LogP contribution in [-0.4, -0.2) is 62.8 Å². The maximum atomic E-state index is 12.0. The highest BCUT2D eigenvalue weighted by atomic mass is 16.6. The Labute approximate surface area is 203 Å². The summed E-state index contributed by atoms with van der Waals surface area (Å²) in [6, 6.07) is 8.07. The van der Waals surface area contributed by atoms with Crippen molar-refractivity contribution >= 4 is 22.8 Å². The predicted molar refractivity (Wildman–Crippen MR) is 132 cm³/mol. The molecule has 0 radical (unpaired) electrons. The van der Waals surface area contributed by atoms with Gasteiger partial charge in [-0.25, -0.2) is 9.97 Å². The highest BCUT2D eigenvalue weighted by Gasteiger charge is 2.22. The highest BCUT2D eigenvalue weighted by molar-refractivity contribution is 5.91. The number of aromatic nitrogens is 5. The maximum absolute atomic E-state index is 12.0. The molecule has 0 spiro atoms. The number of anilines is 1. The molecular weight excluding hydrogens is 446 g/mol. The van der Waals surface area contributed by atoms with Crippen molar-refractivity contribution in [1.82, 2.24) is 29.6 Å². The summed E-state index contributed by atoms with van der Waals surface area (Å²) in [5.41, 5.74) is 3.54. The molecule has 0 bridgehead atoms. The fourth-order valence-electron chi connectivity index (χ4n) is 4.12. The van der Waals surface area contributed by atoms with E-state index in [9.17, 15) is 4.79 Å². The molecule has 3 aromatic heterocycles. The van der Waals surface area contributed by atoms with Crippen molar-refractivity contribution in [1.29, 1.82) is 0 Å². The number of carbonyl (C=O) groups excluding carboxylic acids is 1. The zero-order chi connectivity index (χ0) is 24.5. The number of ether oxygens (including phenoxy) is 2. The highest BCUT2D eigenvalue weighted by Crippen LogP contribution is 2.36. The molecule has 0 unspecified atom stereocenters. The van der Waals surface area contributed by atoms with Gasteiger partial charge in [0.05, 0.1) is 23.3 Å². The molecule has 1 aliphatic rings. The monoisotopic (exact) mass is 475 g/mol. The fraction of sp³-hybridized carbons (Fsp3) is 0.360. The van der Waals surface area contributed by atoms with Gasteiger partial charge >= 0.3 is 0 Å². The normalized spacial score (nSPS) is 13.7. The first-order valence-corrected chi connectivity index (χ1v) is 11.6. The average molecular weight is 476 g/mol. The van der Waals surface area contributed by atoms with Crippen LogP contribution < -0.4 is 14.8 Å². The molecule has 1 aliphatic heterocycles. The van der Waals surface area contributed by atoms with Crippen LogP contribution >= 0.6 is 0 Å². The summed E-state index contributed by atoms with van der Waals surface area (Å²) < 4.78 is 13.1. The predicted octanol–water partition coefficient (Wildman–Crippen LogP) is 3.49. The van der Waals surface area contributed by atoms with Gasteiger partial charge in [-0.2, -0.15) is 5.10 Å². The Kier molecular flexibility index (Phi) is 6.02. The SMILES string of the molecule is CC(C)[C@H](Nc1ncnc2[nH]c(-c3cnn(CC(=O)N(C)C)c3)cc12)c1ccc2c(c1)OCCO2. The zero-order valence-electron chi connectivity index (χ0n) is 20.3. The Hall–Kier alpha value is -4.08. The topological polar surface area (TPSA) is 110 Å². The number of fused-ring (bicyclic) bond motifs is 2. The van der Waals surface area contributed by atoms with Crippen molar-refractivity contribution in [3.8, 4) is 22.8 Å². The Morgan fingerprint density at radius 1 is 1.17 bits per heavy atom. The Balaban J connectivity index is 1.43. The van der Waals surface area contributed by atoms with Crippen LogP contribution in [0.2, 0.25) is 0 Å². The summed E-state index contributed by atoms with van der Waals surface area (Å²) in [7, 11) is 3.46. The van der Waals surface area contributed by atoms with Crippen LogP contribution in [0.15, 0.2) is 43.0 Å². The molecular formula is C25H29N7O3. The molecule has 35 heavy (non-hydrogen) atoms. The first kappa shape index (κ1) is 22.7. The van der Waals surface area contributed by atoms with Gasteiger partial charge in [0.25, 0.3) is 0 Å². The van der Waals surface area contributed by atoms with Gasteiger partial charge in [-0.15, -0.1) is 0 Å². The van der Waals surface area contributed by atoms with E-state index in [4.69, 9.17) is 9.47 Å². The van der Waals surface area contributed by atoms with Gasteiger partial charge in [0, 0.05) is 25.9 Å². The van der Waals surface area contributed by atoms with Crippen LogP contribution in [0.1, 0.15) is 25.5 Å². The van der Waals surface area contributed by atoms with E-state index in [1.165, 1.54) is 0 Å². The molecule has 0 saturated heterocycles. The van der Waals surface area contributed by atoms with E-state index < -0.39 is 0 Å². The summed E-state index contributed by atoms with van der Waals surface area (Å²) in [5.74, 6) is 2.54. The molecule has 1 aromatic carbocycles. The second-order valence-corrected chi connectivity index (χ2v) is 9.15. The molecule has 4 aromatic rings. The minimum atomic E-state index is -0.0208. The van der Waals surface area contributed by atoms with Crippen molar-refractivity contribution in [2.45, 2.75) is 26.4 Å².